The van der Waals surface area contributed by atoms with Gasteiger partial charge in [-0.15, -0.1) is 24.8 Å². The monoisotopic (exact) mass is 451 g/mol. The summed E-state index contributed by atoms with van der Waals surface area (Å²) >= 11 is 5.84. The molecule has 0 aliphatic rings. The molecule has 0 aromatic heterocycles. The molecule has 176 valence electrons. The van der Waals surface area contributed by atoms with Gasteiger partial charge in [0.2, 0.25) is 0 Å². The van der Waals surface area contributed by atoms with Crippen LogP contribution in [0.1, 0.15) is 51.4 Å². The molecule has 0 saturated heterocycles. The van der Waals surface area contributed by atoms with Gasteiger partial charge in [0.25, 0.3) is 0 Å². The summed E-state index contributed by atoms with van der Waals surface area (Å²) in [6.07, 6.45) is 13.0. The molecule has 0 atom stereocenters. The van der Waals surface area contributed by atoms with Gasteiger partial charge in [-0.2, -0.15) is 0 Å². The lowest BCUT2D eigenvalue weighted by Crippen LogP contribution is -2.26. The Hall–Kier alpha value is -1.49. The second-order valence-corrected chi connectivity index (χ2v) is 7.93. The van der Waals surface area contributed by atoms with E-state index >= 15 is 0 Å². The lowest BCUT2D eigenvalue weighted by molar-refractivity contribution is 0.157. The van der Waals surface area contributed by atoms with E-state index in [-0.39, 0.29) is 0 Å². The molecule has 0 radical (unpaired) electrons. The zero-order valence-corrected chi connectivity index (χ0v) is 20.0. The zero-order valence-electron chi connectivity index (χ0n) is 19.2. The first-order chi connectivity index (χ1) is 15.3. The van der Waals surface area contributed by atoms with Gasteiger partial charge in [0.05, 0.1) is 24.8 Å². The SMILES string of the molecule is C=CCOCCCCCCN(CCCCCCOCC=C)c1ccccc1OCCCl. The molecule has 0 spiro atoms. The van der Waals surface area contributed by atoms with Gasteiger partial charge in [-0.3, -0.25) is 0 Å². The maximum atomic E-state index is 5.91. The van der Waals surface area contributed by atoms with E-state index in [0.29, 0.717) is 25.7 Å². The van der Waals surface area contributed by atoms with E-state index in [2.05, 4.69) is 30.2 Å². The van der Waals surface area contributed by atoms with Crippen LogP contribution < -0.4 is 9.64 Å². The van der Waals surface area contributed by atoms with Crippen molar-refractivity contribution in [2.45, 2.75) is 51.4 Å². The molecule has 0 bridgehead atoms. The fraction of sp³-hybridized carbons (Fsp3) is 0.615. The zero-order chi connectivity index (χ0) is 22.4. The number of rotatable bonds is 22. The molecule has 5 heteroatoms. The molecule has 1 rings (SSSR count). The topological polar surface area (TPSA) is 30.9 Å². The lowest BCUT2D eigenvalue weighted by Gasteiger charge is -2.27. The first kappa shape index (κ1) is 27.5. The van der Waals surface area contributed by atoms with Crippen LogP contribution in [0.25, 0.3) is 0 Å². The molecule has 1 aromatic carbocycles. The summed E-state index contributed by atoms with van der Waals surface area (Å²) < 4.78 is 16.9. The highest BCUT2D eigenvalue weighted by atomic mass is 35.5. The van der Waals surface area contributed by atoms with Crippen LogP contribution in [0.3, 0.4) is 0 Å². The van der Waals surface area contributed by atoms with Gasteiger partial charge in [0.1, 0.15) is 12.4 Å². The third-order valence-electron chi connectivity index (χ3n) is 4.95. The normalized spacial score (nSPS) is 10.7. The van der Waals surface area contributed by atoms with Crippen LogP contribution in [0, 0.1) is 0 Å². The summed E-state index contributed by atoms with van der Waals surface area (Å²) in [5.74, 6) is 1.43. The quantitative estimate of drug-likeness (QED) is 0.112. The number of hydrogen-bond acceptors (Lipinski definition) is 4. The molecular formula is C26H42ClNO3. The van der Waals surface area contributed by atoms with Crippen molar-refractivity contribution in [1.82, 2.24) is 0 Å². The Morgan fingerprint density at radius 3 is 1.84 bits per heavy atom. The fourth-order valence-corrected chi connectivity index (χ4v) is 3.47. The molecule has 31 heavy (non-hydrogen) atoms. The minimum absolute atomic E-state index is 0.496. The second-order valence-electron chi connectivity index (χ2n) is 7.55. The van der Waals surface area contributed by atoms with Gasteiger partial charge in [0.15, 0.2) is 0 Å². The Morgan fingerprint density at radius 2 is 1.29 bits per heavy atom. The number of benzene rings is 1. The van der Waals surface area contributed by atoms with Crippen LogP contribution in [-0.2, 0) is 9.47 Å². The van der Waals surface area contributed by atoms with Crippen molar-refractivity contribution in [2.75, 3.05) is 56.9 Å². The average Bonchev–Trinajstić information content (AvgIpc) is 2.80. The molecule has 0 saturated carbocycles. The van der Waals surface area contributed by atoms with Gasteiger partial charge in [-0.1, -0.05) is 50.0 Å². The Labute approximate surface area is 195 Å². The Kier molecular flexibility index (Phi) is 18.1. The summed E-state index contributed by atoms with van der Waals surface area (Å²) in [5.41, 5.74) is 1.18. The predicted molar refractivity (Wildman–Crippen MR) is 134 cm³/mol. The van der Waals surface area contributed by atoms with E-state index in [1.165, 1.54) is 44.2 Å². The largest absolute Gasteiger partial charge is 0.490 e. The van der Waals surface area contributed by atoms with E-state index in [4.69, 9.17) is 25.8 Å². The van der Waals surface area contributed by atoms with E-state index in [1.807, 2.05) is 12.1 Å². The van der Waals surface area contributed by atoms with Gasteiger partial charge in [-0.25, -0.2) is 0 Å². The number of para-hydroxylation sites is 2. The number of alkyl halides is 1. The van der Waals surface area contributed by atoms with Crippen molar-refractivity contribution in [1.29, 1.82) is 0 Å². The molecule has 0 aliphatic carbocycles. The highest BCUT2D eigenvalue weighted by molar-refractivity contribution is 6.18. The highest BCUT2D eigenvalue weighted by Gasteiger charge is 2.12. The molecule has 0 unspecified atom stereocenters. The first-order valence-electron chi connectivity index (χ1n) is 11.7. The summed E-state index contributed by atoms with van der Waals surface area (Å²) in [4.78, 5) is 2.48. The predicted octanol–water partition coefficient (Wildman–Crippen LogP) is 6.64. The lowest BCUT2D eigenvalue weighted by atomic mass is 10.1. The van der Waals surface area contributed by atoms with Crippen LogP contribution in [0.5, 0.6) is 5.75 Å². The van der Waals surface area contributed by atoms with Crippen molar-refractivity contribution in [3.05, 3.63) is 49.6 Å². The van der Waals surface area contributed by atoms with E-state index in [9.17, 15) is 0 Å². The number of unbranched alkanes of at least 4 members (excludes halogenated alkanes) is 6. The van der Waals surface area contributed by atoms with E-state index in [0.717, 1.165) is 44.9 Å². The number of hydrogen-bond donors (Lipinski definition) is 0. The molecule has 0 N–H and O–H groups in total. The van der Waals surface area contributed by atoms with Crippen molar-refractivity contribution < 1.29 is 14.2 Å². The van der Waals surface area contributed by atoms with Crippen LogP contribution in [0.2, 0.25) is 0 Å². The number of halogens is 1. The van der Waals surface area contributed by atoms with Gasteiger partial charge in [-0.05, 0) is 37.8 Å². The fourth-order valence-electron chi connectivity index (χ4n) is 3.40. The third kappa shape index (κ3) is 14.2. The van der Waals surface area contributed by atoms with Crippen LogP contribution >= 0.6 is 11.6 Å². The van der Waals surface area contributed by atoms with Gasteiger partial charge < -0.3 is 19.1 Å². The van der Waals surface area contributed by atoms with Gasteiger partial charge in [0, 0.05) is 26.3 Å². The van der Waals surface area contributed by atoms with Crippen LogP contribution in [-0.4, -0.2) is 52.0 Å². The Balaban J connectivity index is 2.46. The van der Waals surface area contributed by atoms with Crippen molar-refractivity contribution in [2.24, 2.45) is 0 Å². The first-order valence-corrected chi connectivity index (χ1v) is 12.3. The van der Waals surface area contributed by atoms with Crippen molar-refractivity contribution in [3.8, 4) is 5.75 Å². The van der Waals surface area contributed by atoms with Crippen LogP contribution in [0.4, 0.5) is 5.69 Å². The minimum Gasteiger partial charge on any atom is -0.490 e. The van der Waals surface area contributed by atoms with Gasteiger partial charge >= 0.3 is 0 Å². The molecule has 0 heterocycles. The number of ether oxygens (including phenoxy) is 3. The number of nitrogens with zero attached hydrogens (tertiary/aromatic N) is 1. The van der Waals surface area contributed by atoms with Crippen molar-refractivity contribution >= 4 is 17.3 Å². The summed E-state index contributed by atoms with van der Waals surface area (Å²) in [6.45, 7) is 12.9. The summed E-state index contributed by atoms with van der Waals surface area (Å²) in [7, 11) is 0. The average molecular weight is 452 g/mol. The van der Waals surface area contributed by atoms with Crippen molar-refractivity contribution in [3.63, 3.8) is 0 Å². The third-order valence-corrected chi connectivity index (χ3v) is 5.10. The number of anilines is 1. The maximum Gasteiger partial charge on any atom is 0.142 e. The minimum atomic E-state index is 0.496. The molecule has 0 aliphatic heterocycles. The summed E-state index contributed by atoms with van der Waals surface area (Å²) in [5, 5.41) is 0. The smallest absolute Gasteiger partial charge is 0.142 e. The Bertz CT molecular complexity index is 543. The second kappa shape index (κ2) is 20.4. The van der Waals surface area contributed by atoms with E-state index < -0.39 is 0 Å². The molecule has 0 amide bonds. The standard InChI is InChI=1S/C26H42ClNO3/c1-3-20-29-22-13-7-5-11-18-28(19-12-6-8-14-23-30-21-4-2)25-15-9-10-16-26(25)31-24-17-27/h3-4,9-10,15-16H,1-2,5-8,11-14,17-24H2. The van der Waals surface area contributed by atoms with Crippen LogP contribution in [0.15, 0.2) is 49.6 Å². The Morgan fingerprint density at radius 1 is 0.742 bits per heavy atom. The molecular weight excluding hydrogens is 410 g/mol. The van der Waals surface area contributed by atoms with E-state index in [1.54, 1.807) is 12.2 Å². The molecule has 4 nitrogen and oxygen atoms in total. The summed E-state index contributed by atoms with van der Waals surface area (Å²) in [6, 6.07) is 8.32. The molecule has 1 aromatic rings. The highest BCUT2D eigenvalue weighted by Crippen LogP contribution is 2.29. The molecule has 0 fully saturated rings. The maximum absolute atomic E-state index is 5.91.